The molecular formula is C18H18ClFN2O4. The molecule has 0 spiro atoms. The van der Waals surface area contributed by atoms with Crippen molar-refractivity contribution in [2.75, 3.05) is 20.8 Å². The van der Waals surface area contributed by atoms with E-state index < -0.39 is 11.7 Å². The van der Waals surface area contributed by atoms with Crippen LogP contribution in [0.4, 0.5) is 4.39 Å². The molecule has 2 amide bonds. The van der Waals surface area contributed by atoms with Crippen molar-refractivity contribution in [2.24, 2.45) is 5.73 Å². The van der Waals surface area contributed by atoms with Crippen molar-refractivity contribution in [2.45, 2.75) is 6.54 Å². The van der Waals surface area contributed by atoms with Crippen LogP contribution in [0.1, 0.15) is 15.9 Å². The summed E-state index contributed by atoms with van der Waals surface area (Å²) in [5.41, 5.74) is 5.58. The number of hydrogen-bond acceptors (Lipinski definition) is 4. The molecule has 0 unspecified atom stereocenters. The minimum atomic E-state index is -0.631. The first-order chi connectivity index (χ1) is 12.3. The Hall–Kier alpha value is -2.80. The Labute approximate surface area is 155 Å². The number of primary amides is 1. The summed E-state index contributed by atoms with van der Waals surface area (Å²) in [4.78, 5) is 24.8. The van der Waals surface area contributed by atoms with Crippen LogP contribution < -0.4 is 15.2 Å². The van der Waals surface area contributed by atoms with Crippen LogP contribution in [-0.2, 0) is 11.3 Å². The predicted molar refractivity (Wildman–Crippen MR) is 94.9 cm³/mol. The van der Waals surface area contributed by atoms with Crippen LogP contribution in [0.25, 0.3) is 0 Å². The molecule has 2 aromatic rings. The van der Waals surface area contributed by atoms with Crippen molar-refractivity contribution in [3.05, 3.63) is 58.4 Å². The molecule has 0 bridgehead atoms. The summed E-state index contributed by atoms with van der Waals surface area (Å²) in [6.45, 7) is -0.304. The van der Waals surface area contributed by atoms with Crippen LogP contribution in [0, 0.1) is 5.82 Å². The fraction of sp³-hybridized carbons (Fsp3) is 0.222. The van der Waals surface area contributed by atoms with Crippen molar-refractivity contribution in [1.82, 2.24) is 4.90 Å². The topological polar surface area (TPSA) is 81.9 Å². The number of benzene rings is 2. The summed E-state index contributed by atoms with van der Waals surface area (Å²) >= 11 is 6.00. The van der Waals surface area contributed by atoms with Gasteiger partial charge in [0.05, 0.1) is 7.11 Å². The number of ether oxygens (including phenoxy) is 2. The number of rotatable bonds is 7. The van der Waals surface area contributed by atoms with Gasteiger partial charge < -0.3 is 20.1 Å². The maximum atomic E-state index is 13.9. The van der Waals surface area contributed by atoms with Gasteiger partial charge in [0.1, 0.15) is 5.82 Å². The summed E-state index contributed by atoms with van der Waals surface area (Å²) in [7, 11) is 2.94. The minimum Gasteiger partial charge on any atom is -0.493 e. The quantitative estimate of drug-likeness (QED) is 0.800. The second kappa shape index (κ2) is 8.53. The van der Waals surface area contributed by atoms with Gasteiger partial charge in [-0.05, 0) is 30.3 Å². The third-order valence-corrected chi connectivity index (χ3v) is 3.94. The summed E-state index contributed by atoms with van der Waals surface area (Å²) in [6, 6.07) is 8.83. The monoisotopic (exact) mass is 380 g/mol. The molecule has 2 N–H and O–H groups in total. The van der Waals surface area contributed by atoms with E-state index in [1.165, 1.54) is 49.4 Å². The van der Waals surface area contributed by atoms with Gasteiger partial charge in [-0.3, -0.25) is 9.59 Å². The van der Waals surface area contributed by atoms with Gasteiger partial charge in [-0.15, -0.1) is 0 Å². The molecule has 0 heterocycles. The van der Waals surface area contributed by atoms with Crippen molar-refractivity contribution in [3.63, 3.8) is 0 Å². The highest BCUT2D eigenvalue weighted by molar-refractivity contribution is 6.31. The molecule has 26 heavy (non-hydrogen) atoms. The van der Waals surface area contributed by atoms with Crippen LogP contribution >= 0.6 is 11.6 Å². The maximum absolute atomic E-state index is 13.9. The Bertz CT molecular complexity index is 809. The Morgan fingerprint density at radius 1 is 1.23 bits per heavy atom. The Morgan fingerprint density at radius 3 is 2.58 bits per heavy atom. The number of hydrogen-bond donors (Lipinski definition) is 1. The zero-order valence-electron chi connectivity index (χ0n) is 14.3. The number of halogens is 2. The molecule has 0 radical (unpaired) electrons. The fourth-order valence-corrected chi connectivity index (χ4v) is 2.50. The van der Waals surface area contributed by atoms with Crippen LogP contribution in [0.2, 0.25) is 5.02 Å². The lowest BCUT2D eigenvalue weighted by Crippen LogP contribution is -2.27. The van der Waals surface area contributed by atoms with E-state index in [1.54, 1.807) is 6.07 Å². The number of nitrogens with two attached hydrogens (primary N) is 1. The van der Waals surface area contributed by atoms with Gasteiger partial charge in [0.2, 0.25) is 0 Å². The number of carbonyl (C=O) groups excluding carboxylic acids is 2. The van der Waals surface area contributed by atoms with E-state index in [1.807, 2.05) is 0 Å². The van der Waals surface area contributed by atoms with E-state index in [0.717, 1.165) is 0 Å². The predicted octanol–water partition coefficient (Wildman–Crippen LogP) is 2.62. The van der Waals surface area contributed by atoms with Gasteiger partial charge in [0.25, 0.3) is 11.8 Å². The molecule has 0 aromatic heterocycles. The van der Waals surface area contributed by atoms with Gasteiger partial charge in [0, 0.05) is 29.7 Å². The van der Waals surface area contributed by atoms with Gasteiger partial charge >= 0.3 is 0 Å². The van der Waals surface area contributed by atoms with Crippen LogP contribution in [-0.4, -0.2) is 37.5 Å². The summed E-state index contributed by atoms with van der Waals surface area (Å²) in [5.74, 6) is -0.917. The molecule has 0 aliphatic rings. The van der Waals surface area contributed by atoms with Gasteiger partial charge in [0.15, 0.2) is 18.1 Å². The fourth-order valence-electron chi connectivity index (χ4n) is 2.28. The molecular weight excluding hydrogens is 363 g/mol. The molecule has 2 aromatic carbocycles. The molecule has 6 nitrogen and oxygen atoms in total. The first kappa shape index (κ1) is 19.5. The van der Waals surface area contributed by atoms with Gasteiger partial charge in [-0.2, -0.15) is 0 Å². The molecule has 0 saturated carbocycles. The van der Waals surface area contributed by atoms with Crippen molar-refractivity contribution in [3.8, 4) is 11.5 Å². The number of carbonyl (C=O) groups is 2. The largest absolute Gasteiger partial charge is 0.493 e. The van der Waals surface area contributed by atoms with Crippen LogP contribution in [0.5, 0.6) is 11.5 Å². The second-order valence-electron chi connectivity index (χ2n) is 5.48. The molecule has 0 aliphatic carbocycles. The first-order valence-electron chi connectivity index (χ1n) is 7.61. The van der Waals surface area contributed by atoms with Gasteiger partial charge in [-0.25, -0.2) is 4.39 Å². The normalized spacial score (nSPS) is 10.3. The highest BCUT2D eigenvalue weighted by Gasteiger charge is 2.18. The Kier molecular flexibility index (Phi) is 6.41. The SMILES string of the molecule is COc1cc(C(=O)N(C)Cc2c(F)cccc2Cl)ccc1OCC(N)=O. The molecule has 0 fully saturated rings. The summed E-state index contributed by atoms with van der Waals surface area (Å²) in [6.07, 6.45) is 0. The van der Waals surface area contributed by atoms with E-state index in [2.05, 4.69) is 0 Å². The highest BCUT2D eigenvalue weighted by atomic mass is 35.5. The highest BCUT2D eigenvalue weighted by Crippen LogP contribution is 2.29. The number of amides is 2. The number of nitrogens with zero attached hydrogens (tertiary/aromatic N) is 1. The van der Waals surface area contributed by atoms with Crippen molar-refractivity contribution >= 4 is 23.4 Å². The zero-order valence-corrected chi connectivity index (χ0v) is 15.0. The zero-order chi connectivity index (χ0) is 19.3. The molecule has 138 valence electrons. The first-order valence-corrected chi connectivity index (χ1v) is 7.98. The average molecular weight is 381 g/mol. The van der Waals surface area contributed by atoms with E-state index in [4.69, 9.17) is 26.8 Å². The molecule has 8 heteroatoms. The van der Waals surface area contributed by atoms with Gasteiger partial charge in [-0.1, -0.05) is 17.7 Å². The lowest BCUT2D eigenvalue weighted by molar-refractivity contribution is -0.119. The molecule has 0 atom stereocenters. The third-order valence-electron chi connectivity index (χ3n) is 3.58. The Balaban J connectivity index is 2.19. The molecule has 0 aliphatic heterocycles. The lowest BCUT2D eigenvalue weighted by atomic mass is 10.1. The van der Waals surface area contributed by atoms with Crippen molar-refractivity contribution < 1.29 is 23.5 Å². The average Bonchev–Trinajstić information content (AvgIpc) is 2.62. The standard InChI is InChI=1S/C18H18ClFN2O4/c1-22(9-12-13(19)4-3-5-14(12)20)18(24)11-6-7-15(16(8-11)25-2)26-10-17(21)23/h3-8H,9-10H2,1-2H3,(H2,21,23). The van der Waals surface area contributed by atoms with E-state index in [9.17, 15) is 14.0 Å². The van der Waals surface area contributed by atoms with E-state index >= 15 is 0 Å². The molecule has 0 saturated heterocycles. The Morgan fingerprint density at radius 2 is 1.96 bits per heavy atom. The lowest BCUT2D eigenvalue weighted by Gasteiger charge is -2.19. The maximum Gasteiger partial charge on any atom is 0.255 e. The summed E-state index contributed by atoms with van der Waals surface area (Å²) in [5, 5.41) is 0.248. The third kappa shape index (κ3) is 4.64. The smallest absolute Gasteiger partial charge is 0.255 e. The molecule has 2 rings (SSSR count). The number of methoxy groups -OCH3 is 1. The van der Waals surface area contributed by atoms with E-state index in [-0.39, 0.29) is 41.1 Å². The van der Waals surface area contributed by atoms with Crippen LogP contribution in [0.3, 0.4) is 0 Å². The second-order valence-corrected chi connectivity index (χ2v) is 5.89. The van der Waals surface area contributed by atoms with E-state index in [0.29, 0.717) is 5.56 Å². The summed E-state index contributed by atoms with van der Waals surface area (Å²) < 4.78 is 24.3. The van der Waals surface area contributed by atoms with Crippen molar-refractivity contribution in [1.29, 1.82) is 0 Å². The van der Waals surface area contributed by atoms with Crippen LogP contribution in [0.15, 0.2) is 36.4 Å². The minimum absolute atomic E-state index is 0.00653.